The largest absolute Gasteiger partial charge is 0.333 e. The summed E-state index contributed by atoms with van der Waals surface area (Å²) in [6, 6.07) is 15.4. The van der Waals surface area contributed by atoms with Gasteiger partial charge in [-0.05, 0) is 30.2 Å². The average Bonchev–Trinajstić information content (AvgIpc) is 3.07. The van der Waals surface area contributed by atoms with Gasteiger partial charge in [-0.1, -0.05) is 59.8 Å². The first-order valence-corrected chi connectivity index (χ1v) is 8.78. The molecule has 0 aliphatic heterocycles. The molecule has 2 aromatic carbocycles. The minimum atomic E-state index is -0.0944. The Labute approximate surface area is 149 Å². The van der Waals surface area contributed by atoms with Crippen LogP contribution in [0.25, 0.3) is 11.3 Å². The fourth-order valence-electron chi connectivity index (χ4n) is 2.20. The van der Waals surface area contributed by atoms with Crippen molar-refractivity contribution in [2.45, 2.75) is 12.1 Å². The number of benzene rings is 2. The first-order valence-electron chi connectivity index (χ1n) is 7.41. The van der Waals surface area contributed by atoms with Crippen LogP contribution in [0.2, 0.25) is 5.02 Å². The van der Waals surface area contributed by atoms with Gasteiger partial charge in [-0.15, -0.1) is 0 Å². The van der Waals surface area contributed by atoms with Gasteiger partial charge < -0.3 is 10.3 Å². The zero-order valence-corrected chi connectivity index (χ0v) is 14.6. The molecule has 0 aliphatic rings. The summed E-state index contributed by atoms with van der Waals surface area (Å²) in [5.74, 6) is 0.177. The Morgan fingerprint density at radius 3 is 2.79 bits per heavy atom. The lowest BCUT2D eigenvalue weighted by atomic mass is 10.2. The number of aromatic nitrogens is 2. The molecule has 0 bridgehead atoms. The average molecular weight is 358 g/mol. The lowest BCUT2D eigenvalue weighted by Crippen LogP contribution is -2.15. The quantitative estimate of drug-likeness (QED) is 0.647. The predicted molar refractivity (Wildman–Crippen MR) is 99.6 cm³/mol. The van der Waals surface area contributed by atoms with E-state index in [2.05, 4.69) is 15.3 Å². The Morgan fingerprint density at radius 1 is 1.21 bits per heavy atom. The molecule has 0 saturated heterocycles. The normalized spacial score (nSPS) is 10.6. The Hall–Kier alpha value is -2.24. The van der Waals surface area contributed by atoms with Crippen LogP contribution >= 0.6 is 23.4 Å². The van der Waals surface area contributed by atoms with E-state index in [0.29, 0.717) is 10.2 Å². The number of rotatable bonds is 5. The monoisotopic (exact) mass is 357 g/mol. The Kier molecular flexibility index (Phi) is 5.23. The zero-order valence-electron chi connectivity index (χ0n) is 13.0. The smallest absolute Gasteiger partial charge is 0.234 e. The third-order valence-corrected chi connectivity index (χ3v) is 4.82. The van der Waals surface area contributed by atoms with Crippen LogP contribution in [0.15, 0.2) is 59.9 Å². The number of hydrogen-bond donors (Lipinski definition) is 2. The number of halogens is 1. The van der Waals surface area contributed by atoms with E-state index in [1.807, 2.05) is 49.4 Å². The van der Waals surface area contributed by atoms with E-state index in [9.17, 15) is 4.79 Å². The summed E-state index contributed by atoms with van der Waals surface area (Å²) in [4.78, 5) is 19.6. The number of anilines is 1. The Balaban J connectivity index is 1.59. The van der Waals surface area contributed by atoms with Gasteiger partial charge in [0.1, 0.15) is 0 Å². The summed E-state index contributed by atoms with van der Waals surface area (Å²) in [5, 5.41) is 4.23. The van der Waals surface area contributed by atoms with Gasteiger partial charge in [0.25, 0.3) is 0 Å². The minimum absolute atomic E-state index is 0.0944. The molecule has 24 heavy (non-hydrogen) atoms. The number of nitrogens with one attached hydrogen (secondary N) is 2. The van der Waals surface area contributed by atoms with Gasteiger partial charge in [0.05, 0.1) is 17.6 Å². The molecule has 0 fully saturated rings. The summed E-state index contributed by atoms with van der Waals surface area (Å²) in [6.45, 7) is 1.88. The third-order valence-electron chi connectivity index (χ3n) is 3.52. The van der Waals surface area contributed by atoms with Crippen LogP contribution in [0, 0.1) is 6.92 Å². The molecule has 122 valence electrons. The van der Waals surface area contributed by atoms with Crippen molar-refractivity contribution in [3.05, 3.63) is 65.3 Å². The Morgan fingerprint density at radius 2 is 2.00 bits per heavy atom. The molecular formula is C18H16ClN3OS. The molecule has 0 unspecified atom stereocenters. The summed E-state index contributed by atoms with van der Waals surface area (Å²) in [6.07, 6.45) is 1.77. The molecule has 0 saturated carbocycles. The van der Waals surface area contributed by atoms with Gasteiger partial charge in [0, 0.05) is 10.7 Å². The van der Waals surface area contributed by atoms with Crippen molar-refractivity contribution in [1.82, 2.24) is 9.97 Å². The first kappa shape index (κ1) is 16.6. The molecule has 3 aromatic rings. The second-order valence-electron chi connectivity index (χ2n) is 5.22. The van der Waals surface area contributed by atoms with Crippen molar-refractivity contribution < 1.29 is 4.79 Å². The van der Waals surface area contributed by atoms with E-state index in [1.165, 1.54) is 11.8 Å². The lowest BCUT2D eigenvalue weighted by Gasteiger charge is -2.08. The minimum Gasteiger partial charge on any atom is -0.333 e. The fraction of sp³-hybridized carbons (Fsp3) is 0.111. The van der Waals surface area contributed by atoms with Gasteiger partial charge in [-0.2, -0.15) is 0 Å². The van der Waals surface area contributed by atoms with Crippen molar-refractivity contribution in [2.75, 3.05) is 11.1 Å². The Bertz CT molecular complexity index is 848. The van der Waals surface area contributed by atoms with Crippen molar-refractivity contribution >= 4 is 35.0 Å². The van der Waals surface area contributed by atoms with Crippen LogP contribution in [0.1, 0.15) is 5.56 Å². The molecule has 0 aliphatic carbocycles. The van der Waals surface area contributed by atoms with Crippen LogP contribution in [0.3, 0.4) is 0 Å². The number of imidazole rings is 1. The van der Waals surface area contributed by atoms with E-state index in [4.69, 9.17) is 11.6 Å². The zero-order chi connectivity index (χ0) is 16.9. The van der Waals surface area contributed by atoms with Crippen LogP contribution < -0.4 is 5.32 Å². The molecular weight excluding hydrogens is 342 g/mol. The maximum Gasteiger partial charge on any atom is 0.234 e. The van der Waals surface area contributed by atoms with Crippen LogP contribution in [0.5, 0.6) is 0 Å². The summed E-state index contributed by atoms with van der Waals surface area (Å²) < 4.78 is 0. The maximum atomic E-state index is 12.1. The molecule has 1 amide bonds. The third kappa shape index (κ3) is 3.99. The summed E-state index contributed by atoms with van der Waals surface area (Å²) in [7, 11) is 0. The second-order valence-corrected chi connectivity index (χ2v) is 6.59. The predicted octanol–water partition coefficient (Wildman–Crippen LogP) is 4.77. The molecule has 1 heterocycles. The van der Waals surface area contributed by atoms with E-state index in [-0.39, 0.29) is 11.7 Å². The number of nitrogens with zero attached hydrogens (tertiary/aromatic N) is 1. The van der Waals surface area contributed by atoms with Gasteiger partial charge in [-0.25, -0.2) is 4.98 Å². The fourth-order valence-corrected chi connectivity index (χ4v) is 3.03. The van der Waals surface area contributed by atoms with Crippen LogP contribution in [-0.2, 0) is 4.79 Å². The molecule has 1 aromatic heterocycles. The lowest BCUT2D eigenvalue weighted by molar-refractivity contribution is -0.113. The van der Waals surface area contributed by atoms with Gasteiger partial charge in [0.2, 0.25) is 5.91 Å². The SMILES string of the molecule is Cc1c(Cl)cccc1NC(=O)CSc1ncc(-c2ccccc2)[nH]1. The number of carbonyl (C=O) groups is 1. The van der Waals surface area contributed by atoms with Gasteiger partial charge in [0.15, 0.2) is 5.16 Å². The summed E-state index contributed by atoms with van der Waals surface area (Å²) in [5.41, 5.74) is 3.60. The van der Waals surface area contributed by atoms with Crippen LogP contribution in [-0.4, -0.2) is 21.6 Å². The first-order chi connectivity index (χ1) is 11.6. The molecule has 3 rings (SSSR count). The molecule has 0 radical (unpaired) electrons. The number of hydrogen-bond acceptors (Lipinski definition) is 3. The van der Waals surface area contributed by atoms with Crippen molar-refractivity contribution in [2.24, 2.45) is 0 Å². The van der Waals surface area contributed by atoms with Crippen LogP contribution in [0.4, 0.5) is 5.69 Å². The second kappa shape index (κ2) is 7.55. The van der Waals surface area contributed by atoms with Gasteiger partial charge in [-0.3, -0.25) is 4.79 Å². The van der Waals surface area contributed by atoms with E-state index >= 15 is 0 Å². The number of H-pyrrole nitrogens is 1. The highest BCUT2D eigenvalue weighted by Crippen LogP contribution is 2.24. The highest BCUT2D eigenvalue weighted by atomic mass is 35.5. The topological polar surface area (TPSA) is 57.8 Å². The van der Waals surface area contributed by atoms with E-state index in [0.717, 1.165) is 22.5 Å². The highest BCUT2D eigenvalue weighted by Gasteiger charge is 2.09. The number of thioether (sulfide) groups is 1. The van der Waals surface area contributed by atoms with E-state index in [1.54, 1.807) is 12.3 Å². The van der Waals surface area contributed by atoms with Crippen molar-refractivity contribution in [3.8, 4) is 11.3 Å². The maximum absolute atomic E-state index is 12.1. The van der Waals surface area contributed by atoms with E-state index < -0.39 is 0 Å². The molecule has 0 spiro atoms. The summed E-state index contributed by atoms with van der Waals surface area (Å²) >= 11 is 7.42. The molecule has 4 nitrogen and oxygen atoms in total. The molecule has 0 atom stereocenters. The number of carbonyl (C=O) groups excluding carboxylic acids is 1. The highest BCUT2D eigenvalue weighted by molar-refractivity contribution is 7.99. The molecule has 6 heteroatoms. The van der Waals surface area contributed by atoms with Crippen molar-refractivity contribution in [1.29, 1.82) is 0 Å². The number of amides is 1. The van der Waals surface area contributed by atoms with Gasteiger partial charge >= 0.3 is 0 Å². The standard InChI is InChI=1S/C18H16ClN3OS/c1-12-14(19)8-5-9-15(12)21-17(23)11-24-18-20-10-16(22-18)13-6-3-2-4-7-13/h2-10H,11H2,1H3,(H,20,22)(H,21,23). The van der Waals surface area contributed by atoms with Crippen molar-refractivity contribution in [3.63, 3.8) is 0 Å². The molecule has 2 N–H and O–H groups in total. The number of aromatic amines is 1.